The molecule has 0 saturated carbocycles. The van der Waals surface area contributed by atoms with E-state index in [1.54, 1.807) is 18.2 Å². The van der Waals surface area contributed by atoms with Gasteiger partial charge in [0.05, 0.1) is 32.4 Å². The third-order valence-corrected chi connectivity index (χ3v) is 6.10. The van der Waals surface area contributed by atoms with Gasteiger partial charge >= 0.3 is 5.97 Å². The number of carbonyl (C=O) groups is 1. The van der Waals surface area contributed by atoms with E-state index in [2.05, 4.69) is 17.5 Å². The van der Waals surface area contributed by atoms with Crippen molar-refractivity contribution in [1.82, 2.24) is 0 Å². The van der Waals surface area contributed by atoms with E-state index < -0.39 is 5.97 Å². The summed E-state index contributed by atoms with van der Waals surface area (Å²) in [4.78, 5) is 11.1. The van der Waals surface area contributed by atoms with Crippen molar-refractivity contribution in [3.8, 4) is 0 Å². The highest BCUT2D eigenvalue weighted by Gasteiger charge is 2.40. The van der Waals surface area contributed by atoms with Crippen LogP contribution >= 0.6 is 34.8 Å². The number of nitrogens with one attached hydrogen (secondary N) is 1. The number of carboxylic acid groups (broad SMARTS) is 1. The number of allylic oxidation sites excluding steroid dienone is 2. The summed E-state index contributed by atoms with van der Waals surface area (Å²) >= 11 is 19.1. The van der Waals surface area contributed by atoms with Crippen LogP contribution in [0.5, 0.6) is 0 Å². The van der Waals surface area contributed by atoms with Gasteiger partial charge in [0.15, 0.2) is 0 Å². The van der Waals surface area contributed by atoms with Gasteiger partial charge in [0, 0.05) is 11.5 Å². The lowest BCUT2D eigenvalue weighted by atomic mass is 9.77. The van der Waals surface area contributed by atoms with Crippen LogP contribution in [0.3, 0.4) is 0 Å². The fraction of sp³-hybridized carbons (Fsp3) is 0.211. The number of aromatic carboxylic acids is 1. The predicted molar refractivity (Wildman–Crippen MR) is 101 cm³/mol. The molecule has 4 rings (SSSR count). The summed E-state index contributed by atoms with van der Waals surface area (Å²) in [5.74, 6) is -0.530. The van der Waals surface area contributed by atoms with Crippen molar-refractivity contribution in [1.29, 1.82) is 0 Å². The van der Waals surface area contributed by atoms with Crippen LogP contribution in [0.1, 0.15) is 39.9 Å². The second kappa shape index (κ2) is 6.24. The van der Waals surface area contributed by atoms with Gasteiger partial charge in [0.1, 0.15) is 0 Å². The van der Waals surface area contributed by atoms with Crippen molar-refractivity contribution in [3.05, 3.63) is 74.2 Å². The second-order valence-electron chi connectivity index (χ2n) is 6.35. The largest absolute Gasteiger partial charge is 0.478 e. The molecule has 3 nitrogen and oxygen atoms in total. The van der Waals surface area contributed by atoms with Gasteiger partial charge in [0.25, 0.3) is 0 Å². The zero-order valence-corrected chi connectivity index (χ0v) is 15.2. The number of anilines is 1. The Morgan fingerprint density at radius 1 is 1.12 bits per heavy atom. The van der Waals surface area contributed by atoms with E-state index in [1.165, 1.54) is 0 Å². The van der Waals surface area contributed by atoms with E-state index in [0.717, 1.165) is 23.2 Å². The maximum absolute atomic E-state index is 11.1. The molecule has 0 spiro atoms. The number of carboxylic acids is 1. The molecule has 1 aliphatic heterocycles. The van der Waals surface area contributed by atoms with Crippen molar-refractivity contribution >= 4 is 46.5 Å². The highest BCUT2D eigenvalue weighted by atomic mass is 35.5. The molecule has 2 aliphatic rings. The summed E-state index contributed by atoms with van der Waals surface area (Å²) in [5, 5.41) is 14.1. The van der Waals surface area contributed by atoms with Crippen LogP contribution in [0.25, 0.3) is 0 Å². The topological polar surface area (TPSA) is 49.3 Å². The fourth-order valence-electron chi connectivity index (χ4n) is 3.82. The minimum Gasteiger partial charge on any atom is -0.478 e. The molecule has 0 amide bonds. The third-order valence-electron chi connectivity index (χ3n) is 5.00. The first-order valence-electron chi connectivity index (χ1n) is 7.91. The van der Waals surface area contributed by atoms with E-state index in [-0.39, 0.29) is 23.4 Å². The molecule has 0 bridgehead atoms. The van der Waals surface area contributed by atoms with E-state index in [0.29, 0.717) is 15.1 Å². The Hall–Kier alpha value is -1.68. The molecular formula is C19H14Cl3NO2. The van der Waals surface area contributed by atoms with Crippen LogP contribution in [0, 0.1) is 5.92 Å². The van der Waals surface area contributed by atoms with Gasteiger partial charge in [-0.25, -0.2) is 4.79 Å². The molecule has 3 atom stereocenters. The smallest absolute Gasteiger partial charge is 0.335 e. The highest BCUT2D eigenvalue weighted by Crippen LogP contribution is 2.54. The molecule has 0 fully saturated rings. The first kappa shape index (κ1) is 16.8. The molecule has 2 aromatic rings. The minimum absolute atomic E-state index is 0.0186. The van der Waals surface area contributed by atoms with Gasteiger partial charge < -0.3 is 10.4 Å². The summed E-state index contributed by atoms with van der Waals surface area (Å²) in [7, 11) is 0. The van der Waals surface area contributed by atoms with Crippen LogP contribution in [0.15, 0.2) is 42.5 Å². The molecule has 25 heavy (non-hydrogen) atoms. The lowest BCUT2D eigenvalue weighted by molar-refractivity contribution is 0.0697. The van der Waals surface area contributed by atoms with Crippen LogP contribution in [0.4, 0.5) is 5.69 Å². The van der Waals surface area contributed by atoms with Crippen molar-refractivity contribution < 1.29 is 9.90 Å². The molecule has 128 valence electrons. The molecule has 2 aromatic carbocycles. The van der Waals surface area contributed by atoms with Crippen molar-refractivity contribution in [2.75, 3.05) is 5.32 Å². The lowest BCUT2D eigenvalue weighted by Crippen LogP contribution is -2.29. The van der Waals surface area contributed by atoms with Crippen molar-refractivity contribution in [3.63, 3.8) is 0 Å². The lowest BCUT2D eigenvalue weighted by Gasteiger charge is -2.38. The average Bonchev–Trinajstić information content (AvgIpc) is 3.08. The fourth-order valence-corrected chi connectivity index (χ4v) is 4.63. The van der Waals surface area contributed by atoms with Gasteiger partial charge in [0.2, 0.25) is 0 Å². The highest BCUT2D eigenvalue weighted by molar-refractivity contribution is 6.44. The molecular weight excluding hydrogens is 381 g/mol. The number of hydrogen-bond donors (Lipinski definition) is 2. The van der Waals surface area contributed by atoms with Gasteiger partial charge in [-0.15, -0.1) is 0 Å². The van der Waals surface area contributed by atoms with Gasteiger partial charge in [-0.05, 0) is 36.1 Å². The molecule has 3 unspecified atom stereocenters. The molecule has 1 aliphatic carbocycles. The zero-order valence-electron chi connectivity index (χ0n) is 13.0. The summed E-state index contributed by atoms with van der Waals surface area (Å²) < 4.78 is 0. The monoisotopic (exact) mass is 393 g/mol. The molecule has 2 N–H and O–H groups in total. The zero-order chi connectivity index (χ0) is 17.7. The summed E-state index contributed by atoms with van der Waals surface area (Å²) in [6.07, 6.45) is 5.21. The molecule has 1 heterocycles. The van der Waals surface area contributed by atoms with E-state index in [4.69, 9.17) is 39.9 Å². The standard InChI is InChI=1S/C19H14Cl3NO2/c20-13-8-14(21)18-15(16(13)22)11-2-1-3-12(11)17(23-18)9-4-6-10(7-5-9)19(24)25/h1-2,4-8,11-12,17,23H,3H2,(H,24,25). The number of halogens is 3. The quantitative estimate of drug-likeness (QED) is 0.473. The predicted octanol–water partition coefficient (Wildman–Crippen LogP) is 6.17. The summed E-state index contributed by atoms with van der Waals surface area (Å²) in [5.41, 5.74) is 3.04. The Bertz CT molecular complexity index is 893. The number of benzene rings is 2. The second-order valence-corrected chi connectivity index (χ2v) is 7.54. The summed E-state index contributed by atoms with van der Waals surface area (Å²) in [6.45, 7) is 0. The van der Waals surface area contributed by atoms with Gasteiger partial charge in [-0.3, -0.25) is 0 Å². The summed E-state index contributed by atoms with van der Waals surface area (Å²) in [6, 6.07) is 8.64. The van der Waals surface area contributed by atoms with Crippen LogP contribution < -0.4 is 5.32 Å². The Morgan fingerprint density at radius 3 is 2.52 bits per heavy atom. The molecule has 0 saturated heterocycles. The first-order valence-corrected chi connectivity index (χ1v) is 9.04. The molecule has 0 radical (unpaired) electrons. The average molecular weight is 395 g/mol. The van der Waals surface area contributed by atoms with E-state index >= 15 is 0 Å². The van der Waals surface area contributed by atoms with Gasteiger partial charge in [-0.1, -0.05) is 59.1 Å². The molecule has 0 aromatic heterocycles. The van der Waals surface area contributed by atoms with Crippen LogP contribution in [-0.4, -0.2) is 11.1 Å². The van der Waals surface area contributed by atoms with Gasteiger partial charge in [-0.2, -0.15) is 0 Å². The van der Waals surface area contributed by atoms with Crippen LogP contribution in [0.2, 0.25) is 15.1 Å². The van der Waals surface area contributed by atoms with Crippen LogP contribution in [-0.2, 0) is 0 Å². The molecule has 6 heteroatoms. The van der Waals surface area contributed by atoms with E-state index in [1.807, 2.05) is 12.1 Å². The Kier molecular flexibility index (Phi) is 4.19. The number of fused-ring (bicyclic) bond motifs is 3. The van der Waals surface area contributed by atoms with E-state index in [9.17, 15) is 4.79 Å². The SMILES string of the molecule is O=C(O)c1ccc(C2Nc3c(Cl)cc(Cl)c(Cl)c3C3C=CCC32)cc1. The Morgan fingerprint density at radius 2 is 1.84 bits per heavy atom. The Balaban J connectivity index is 1.80. The number of rotatable bonds is 2. The third kappa shape index (κ3) is 2.71. The maximum atomic E-state index is 11.1. The first-order chi connectivity index (χ1) is 12.0. The Labute approximate surface area is 160 Å². The normalized spacial score (nSPS) is 23.7. The minimum atomic E-state index is -0.932. The maximum Gasteiger partial charge on any atom is 0.335 e. The van der Waals surface area contributed by atoms with Crippen molar-refractivity contribution in [2.45, 2.75) is 18.4 Å². The van der Waals surface area contributed by atoms with Crippen molar-refractivity contribution in [2.24, 2.45) is 5.92 Å². The number of hydrogen-bond acceptors (Lipinski definition) is 2.